The van der Waals surface area contributed by atoms with E-state index in [9.17, 15) is 0 Å². The van der Waals surface area contributed by atoms with Crippen molar-refractivity contribution in [3.05, 3.63) is 179 Å². The Bertz CT molecular complexity index is 2540. The molecule has 2 heterocycles. The molecule has 0 atom stereocenters. The molecule has 9 rings (SSSR count). The molecule has 65 heavy (non-hydrogen) atoms. The number of aromatic nitrogens is 4. The predicted molar refractivity (Wildman–Crippen MR) is 265 cm³/mol. The fraction of sp³-hybridized carbons (Fsp3) is 0.322. The maximum atomic E-state index is 5.97. The molecule has 0 saturated heterocycles. The molecule has 0 bridgehead atoms. The van der Waals surface area contributed by atoms with Crippen LogP contribution in [0.1, 0.15) is 123 Å². The number of nitrogens with zero attached hydrogens (tertiary/aromatic N) is 4. The van der Waals surface area contributed by atoms with Gasteiger partial charge in [0.1, 0.15) is 0 Å². The van der Waals surface area contributed by atoms with E-state index >= 15 is 0 Å². The summed E-state index contributed by atoms with van der Waals surface area (Å²) in [7, 11) is 0. The molecule has 6 aromatic carbocycles. The number of hydrogen-bond donors (Lipinski definition) is 0. The van der Waals surface area contributed by atoms with E-state index in [1.54, 1.807) is 11.1 Å². The second-order valence-electron chi connectivity index (χ2n) is 18.4. The first-order valence-electron chi connectivity index (χ1n) is 24.2. The van der Waals surface area contributed by atoms with Gasteiger partial charge in [-0.05, 0) is 134 Å². The van der Waals surface area contributed by atoms with Gasteiger partial charge < -0.3 is 8.83 Å². The molecule has 0 amide bonds. The van der Waals surface area contributed by atoms with Gasteiger partial charge in [-0.2, -0.15) is 0 Å². The summed E-state index contributed by atoms with van der Waals surface area (Å²) in [6.07, 6.45) is 20.0. The molecule has 0 saturated carbocycles. The smallest absolute Gasteiger partial charge is 0.248 e. The van der Waals surface area contributed by atoms with Crippen LogP contribution in [0.5, 0.6) is 0 Å². The van der Waals surface area contributed by atoms with Crippen LogP contribution < -0.4 is 0 Å². The van der Waals surface area contributed by atoms with E-state index in [1.807, 2.05) is 60.7 Å². The summed E-state index contributed by atoms with van der Waals surface area (Å²) in [6, 6.07) is 51.6. The maximum Gasteiger partial charge on any atom is 0.248 e. The molecule has 330 valence electrons. The molecule has 1 aliphatic rings. The van der Waals surface area contributed by atoms with Crippen molar-refractivity contribution in [2.75, 3.05) is 0 Å². The van der Waals surface area contributed by atoms with E-state index in [1.165, 1.54) is 123 Å². The Hall–Kier alpha value is -6.40. The second-order valence-corrected chi connectivity index (χ2v) is 18.4. The molecule has 0 radical (unpaired) electrons. The van der Waals surface area contributed by atoms with Crippen molar-refractivity contribution in [2.45, 2.75) is 122 Å². The van der Waals surface area contributed by atoms with Gasteiger partial charge in [-0.15, -0.1) is 20.4 Å². The SMILES string of the molecule is Cc1ccc2c(c1)C(CCCCCCCCc1ccc(-c3nnc(-c4ccccc4)o3)cc1)(CCCCCCCCc1ccc(-c3nnc(-c4ccccc4)o3)cc1)c1cc(C)ccc1-2. The first-order valence-corrected chi connectivity index (χ1v) is 24.2. The van der Waals surface area contributed by atoms with E-state index in [4.69, 9.17) is 8.83 Å². The number of benzene rings is 6. The molecule has 8 aromatic rings. The lowest BCUT2D eigenvalue weighted by atomic mass is 9.70. The maximum absolute atomic E-state index is 5.97. The zero-order chi connectivity index (χ0) is 44.3. The number of rotatable bonds is 22. The van der Waals surface area contributed by atoms with Crippen molar-refractivity contribution >= 4 is 0 Å². The van der Waals surface area contributed by atoms with Crippen LogP contribution >= 0.6 is 0 Å². The van der Waals surface area contributed by atoms with Crippen molar-refractivity contribution in [3.8, 4) is 56.9 Å². The molecule has 0 fully saturated rings. The van der Waals surface area contributed by atoms with Gasteiger partial charge in [0, 0.05) is 27.7 Å². The average Bonchev–Trinajstić information content (AvgIpc) is 4.10. The van der Waals surface area contributed by atoms with Crippen LogP contribution in [0.15, 0.2) is 154 Å². The first kappa shape index (κ1) is 43.8. The first-order chi connectivity index (χ1) is 32.0. The summed E-state index contributed by atoms with van der Waals surface area (Å²) in [5, 5.41) is 17.1. The molecular formula is C59H62N4O2. The Morgan fingerprint density at radius 1 is 0.354 bits per heavy atom. The number of fused-ring (bicyclic) bond motifs is 3. The molecule has 0 N–H and O–H groups in total. The van der Waals surface area contributed by atoms with Crippen molar-refractivity contribution in [3.63, 3.8) is 0 Å². The van der Waals surface area contributed by atoms with Crippen molar-refractivity contribution in [1.82, 2.24) is 20.4 Å². The highest BCUT2D eigenvalue weighted by Gasteiger charge is 2.42. The summed E-state index contributed by atoms with van der Waals surface area (Å²) in [4.78, 5) is 0. The third kappa shape index (κ3) is 10.6. The minimum Gasteiger partial charge on any atom is -0.416 e. The summed E-state index contributed by atoms with van der Waals surface area (Å²) < 4.78 is 11.9. The molecule has 0 unspecified atom stereocenters. The standard InChI is InChI=1S/C59H62N4O2/c1-43-27-37-51-52-38-28-44(2)42-54(52)59(53(51)41-43,39-19-9-5-3-7-13-21-45-29-33-49(34-30-45)57-62-60-55(64-57)47-23-15-11-16-24-47)40-20-10-6-4-8-14-22-46-31-35-50(36-32-46)58-63-61-56(65-58)48-25-17-12-18-26-48/h11-12,15-18,23-38,41-42H,3-10,13-14,19-22,39-40H2,1-2H3. The average molecular weight is 859 g/mol. The Morgan fingerprint density at radius 2 is 0.692 bits per heavy atom. The quantitative estimate of drug-likeness (QED) is 0.0632. The Balaban J connectivity index is 0.721. The van der Waals surface area contributed by atoms with E-state index < -0.39 is 0 Å². The predicted octanol–water partition coefficient (Wildman–Crippen LogP) is 16.0. The van der Waals surface area contributed by atoms with E-state index in [0.29, 0.717) is 23.6 Å². The zero-order valence-corrected chi connectivity index (χ0v) is 38.3. The van der Waals surface area contributed by atoms with Crippen LogP contribution in [-0.2, 0) is 18.3 Å². The third-order valence-electron chi connectivity index (χ3n) is 13.6. The molecule has 1 aliphatic carbocycles. The van der Waals surface area contributed by atoms with Crippen LogP contribution in [0.4, 0.5) is 0 Å². The lowest BCUT2D eigenvalue weighted by molar-refractivity contribution is 0.397. The van der Waals surface area contributed by atoms with Crippen LogP contribution in [0.25, 0.3) is 56.9 Å². The topological polar surface area (TPSA) is 77.8 Å². The van der Waals surface area contributed by atoms with E-state index in [2.05, 4.69) is 119 Å². The number of aryl methyl sites for hydroxylation is 4. The van der Waals surface area contributed by atoms with Crippen LogP contribution in [0.2, 0.25) is 0 Å². The van der Waals surface area contributed by atoms with Gasteiger partial charge in [0.15, 0.2) is 0 Å². The highest BCUT2D eigenvalue weighted by molar-refractivity contribution is 5.81. The van der Waals surface area contributed by atoms with E-state index in [0.717, 1.165) is 35.1 Å². The molecule has 2 aromatic heterocycles. The van der Waals surface area contributed by atoms with Crippen LogP contribution in [0.3, 0.4) is 0 Å². The van der Waals surface area contributed by atoms with Gasteiger partial charge >= 0.3 is 0 Å². The van der Waals surface area contributed by atoms with Gasteiger partial charge in [0.2, 0.25) is 23.6 Å². The lowest BCUT2D eigenvalue weighted by Crippen LogP contribution is -2.25. The molecular weight excluding hydrogens is 797 g/mol. The van der Waals surface area contributed by atoms with Crippen LogP contribution in [-0.4, -0.2) is 20.4 Å². The largest absolute Gasteiger partial charge is 0.416 e. The highest BCUT2D eigenvalue weighted by atomic mass is 16.4. The van der Waals surface area contributed by atoms with Crippen molar-refractivity contribution in [1.29, 1.82) is 0 Å². The van der Waals surface area contributed by atoms with Crippen LogP contribution in [0, 0.1) is 13.8 Å². The Morgan fingerprint density at radius 3 is 1.08 bits per heavy atom. The summed E-state index contributed by atoms with van der Waals surface area (Å²) in [6.45, 7) is 4.54. The molecule has 0 aliphatic heterocycles. The summed E-state index contributed by atoms with van der Waals surface area (Å²) in [5.74, 6) is 2.24. The monoisotopic (exact) mass is 858 g/mol. The van der Waals surface area contributed by atoms with Gasteiger partial charge in [-0.1, -0.05) is 172 Å². The molecule has 6 nitrogen and oxygen atoms in total. The number of unbranched alkanes of at least 4 members (excludes halogenated alkanes) is 10. The minimum absolute atomic E-state index is 0.107. The minimum atomic E-state index is 0.107. The highest BCUT2D eigenvalue weighted by Crippen LogP contribution is 2.54. The number of hydrogen-bond acceptors (Lipinski definition) is 6. The zero-order valence-electron chi connectivity index (χ0n) is 38.3. The summed E-state index contributed by atoms with van der Waals surface area (Å²) in [5.41, 5.74) is 15.5. The van der Waals surface area contributed by atoms with Gasteiger partial charge in [-0.3, -0.25) is 0 Å². The van der Waals surface area contributed by atoms with Gasteiger partial charge in [0.25, 0.3) is 0 Å². The lowest BCUT2D eigenvalue weighted by Gasteiger charge is -2.33. The Labute approximate surface area is 385 Å². The molecule has 6 heteroatoms. The van der Waals surface area contributed by atoms with Crippen molar-refractivity contribution in [2.24, 2.45) is 0 Å². The summed E-state index contributed by atoms with van der Waals surface area (Å²) >= 11 is 0. The fourth-order valence-corrected chi connectivity index (χ4v) is 10.0. The second kappa shape index (κ2) is 21.1. The Kier molecular flexibility index (Phi) is 14.2. The fourth-order valence-electron chi connectivity index (χ4n) is 10.0. The van der Waals surface area contributed by atoms with Gasteiger partial charge in [0.05, 0.1) is 0 Å². The van der Waals surface area contributed by atoms with Gasteiger partial charge in [-0.25, -0.2) is 0 Å². The third-order valence-corrected chi connectivity index (χ3v) is 13.6. The van der Waals surface area contributed by atoms with E-state index in [-0.39, 0.29) is 5.41 Å². The normalized spacial score (nSPS) is 12.6. The molecule has 0 spiro atoms. The van der Waals surface area contributed by atoms with Crippen molar-refractivity contribution < 1.29 is 8.83 Å².